The molecule has 2 amide bonds. The maximum Gasteiger partial charge on any atom is 0.315 e. The van der Waals surface area contributed by atoms with Crippen LogP contribution in [0.15, 0.2) is 24.3 Å². The van der Waals surface area contributed by atoms with Gasteiger partial charge < -0.3 is 16.0 Å². The minimum absolute atomic E-state index is 0.0652. The smallest absolute Gasteiger partial charge is 0.315 e. The molecule has 3 rings (SSSR count). The molecule has 0 spiro atoms. The monoisotopic (exact) mass is 291 g/mol. The molecule has 2 aliphatic rings. The Balaban J connectivity index is 1.41. The normalized spacial score (nSPS) is 26.0. The van der Waals surface area contributed by atoms with Crippen molar-refractivity contribution in [3.63, 3.8) is 0 Å². The van der Waals surface area contributed by atoms with Gasteiger partial charge >= 0.3 is 6.03 Å². The fourth-order valence-electron chi connectivity index (χ4n) is 3.15. The van der Waals surface area contributed by atoms with Crippen LogP contribution in [0.2, 0.25) is 0 Å². The standard InChI is InChI=1S/C16H22FN3O/c17-13-3-1-2-11(8-13)12-9-15(10-12)20-16(21)19-14-4-6-18-7-5-14/h1-3,8,12,14-15,18H,4-7,9-10H2,(H2,19,20,21). The van der Waals surface area contributed by atoms with Gasteiger partial charge in [-0.05, 0) is 62.4 Å². The predicted molar refractivity (Wildman–Crippen MR) is 79.7 cm³/mol. The molecule has 1 aromatic carbocycles. The molecule has 1 aliphatic carbocycles. The average Bonchev–Trinajstić information content (AvgIpc) is 2.43. The van der Waals surface area contributed by atoms with E-state index in [1.807, 2.05) is 6.07 Å². The Morgan fingerprint density at radius 1 is 1.14 bits per heavy atom. The summed E-state index contributed by atoms with van der Waals surface area (Å²) < 4.78 is 13.2. The number of halogens is 1. The number of benzene rings is 1. The number of rotatable bonds is 3. The van der Waals surface area contributed by atoms with Crippen LogP contribution in [-0.2, 0) is 0 Å². The number of piperidine rings is 1. The minimum Gasteiger partial charge on any atom is -0.335 e. The Bertz CT molecular complexity index is 496. The molecule has 1 aromatic rings. The van der Waals surface area contributed by atoms with E-state index >= 15 is 0 Å². The maximum atomic E-state index is 13.2. The summed E-state index contributed by atoms with van der Waals surface area (Å²) in [6.07, 6.45) is 3.76. The molecule has 0 aromatic heterocycles. The van der Waals surface area contributed by atoms with Crippen molar-refractivity contribution in [2.75, 3.05) is 13.1 Å². The van der Waals surface area contributed by atoms with Crippen LogP contribution in [0, 0.1) is 5.82 Å². The Labute approximate surface area is 124 Å². The van der Waals surface area contributed by atoms with Crippen molar-refractivity contribution in [1.29, 1.82) is 0 Å². The lowest BCUT2D eigenvalue weighted by molar-refractivity contribution is 0.216. The minimum atomic E-state index is -0.187. The van der Waals surface area contributed by atoms with E-state index in [0.717, 1.165) is 44.3 Å². The third-order valence-corrected chi connectivity index (χ3v) is 4.47. The number of carbonyl (C=O) groups is 1. The van der Waals surface area contributed by atoms with Crippen LogP contribution in [0.25, 0.3) is 0 Å². The molecule has 5 heteroatoms. The number of amides is 2. The van der Waals surface area contributed by atoms with E-state index in [1.165, 1.54) is 6.07 Å². The lowest BCUT2D eigenvalue weighted by atomic mass is 9.76. The molecule has 0 radical (unpaired) electrons. The fourth-order valence-corrected chi connectivity index (χ4v) is 3.15. The van der Waals surface area contributed by atoms with Crippen molar-refractivity contribution < 1.29 is 9.18 Å². The van der Waals surface area contributed by atoms with Crippen LogP contribution < -0.4 is 16.0 Å². The molecular formula is C16H22FN3O. The molecule has 2 fully saturated rings. The summed E-state index contributed by atoms with van der Waals surface area (Å²) in [5.41, 5.74) is 1.03. The van der Waals surface area contributed by atoms with Crippen LogP contribution in [0.4, 0.5) is 9.18 Å². The Morgan fingerprint density at radius 2 is 1.86 bits per heavy atom. The molecule has 1 saturated carbocycles. The zero-order valence-electron chi connectivity index (χ0n) is 12.1. The largest absolute Gasteiger partial charge is 0.335 e. The van der Waals surface area contributed by atoms with E-state index in [2.05, 4.69) is 16.0 Å². The first kappa shape index (κ1) is 14.3. The zero-order chi connectivity index (χ0) is 14.7. The van der Waals surface area contributed by atoms with Crippen LogP contribution >= 0.6 is 0 Å². The SMILES string of the molecule is O=C(NC1CCNCC1)NC1CC(c2cccc(F)c2)C1. The van der Waals surface area contributed by atoms with E-state index in [4.69, 9.17) is 0 Å². The highest BCUT2D eigenvalue weighted by Crippen LogP contribution is 2.36. The molecule has 4 nitrogen and oxygen atoms in total. The summed E-state index contributed by atoms with van der Waals surface area (Å²) in [6, 6.07) is 7.18. The van der Waals surface area contributed by atoms with E-state index in [1.54, 1.807) is 12.1 Å². The quantitative estimate of drug-likeness (QED) is 0.799. The molecule has 0 unspecified atom stereocenters. The van der Waals surface area contributed by atoms with Gasteiger partial charge in [0.1, 0.15) is 5.82 Å². The third kappa shape index (κ3) is 3.73. The van der Waals surface area contributed by atoms with Gasteiger partial charge in [0.2, 0.25) is 0 Å². The van der Waals surface area contributed by atoms with E-state index in [-0.39, 0.29) is 23.9 Å². The van der Waals surface area contributed by atoms with Crippen molar-refractivity contribution in [2.45, 2.75) is 43.7 Å². The highest BCUT2D eigenvalue weighted by atomic mass is 19.1. The summed E-state index contributed by atoms with van der Waals surface area (Å²) in [5, 5.41) is 9.32. The van der Waals surface area contributed by atoms with Crippen LogP contribution in [0.5, 0.6) is 0 Å². The topological polar surface area (TPSA) is 53.2 Å². The van der Waals surface area contributed by atoms with Crippen molar-refractivity contribution >= 4 is 6.03 Å². The zero-order valence-corrected chi connectivity index (χ0v) is 12.1. The molecular weight excluding hydrogens is 269 g/mol. The molecule has 0 bridgehead atoms. The van der Waals surface area contributed by atoms with Crippen LogP contribution in [0.1, 0.15) is 37.2 Å². The van der Waals surface area contributed by atoms with E-state index in [9.17, 15) is 9.18 Å². The third-order valence-electron chi connectivity index (χ3n) is 4.47. The van der Waals surface area contributed by atoms with Gasteiger partial charge in [-0.3, -0.25) is 0 Å². The average molecular weight is 291 g/mol. The number of carbonyl (C=O) groups excluding carboxylic acids is 1. The fraction of sp³-hybridized carbons (Fsp3) is 0.562. The van der Waals surface area contributed by atoms with Gasteiger partial charge in [0.15, 0.2) is 0 Å². The van der Waals surface area contributed by atoms with Gasteiger partial charge in [-0.1, -0.05) is 12.1 Å². The highest BCUT2D eigenvalue weighted by Gasteiger charge is 2.31. The first-order valence-corrected chi connectivity index (χ1v) is 7.74. The first-order valence-electron chi connectivity index (χ1n) is 7.74. The molecule has 114 valence electrons. The second-order valence-electron chi connectivity index (χ2n) is 6.06. The second kappa shape index (κ2) is 6.43. The number of hydrogen-bond acceptors (Lipinski definition) is 2. The second-order valence-corrected chi connectivity index (χ2v) is 6.06. The Hall–Kier alpha value is -1.62. The lowest BCUT2D eigenvalue weighted by Crippen LogP contribution is -2.52. The maximum absolute atomic E-state index is 13.2. The van der Waals surface area contributed by atoms with Gasteiger partial charge in [0.05, 0.1) is 0 Å². The number of hydrogen-bond donors (Lipinski definition) is 3. The van der Waals surface area contributed by atoms with Gasteiger partial charge in [-0.15, -0.1) is 0 Å². The molecule has 0 atom stereocenters. The number of nitrogens with one attached hydrogen (secondary N) is 3. The van der Waals surface area contributed by atoms with E-state index < -0.39 is 0 Å². The summed E-state index contributed by atoms with van der Waals surface area (Å²) >= 11 is 0. The first-order chi connectivity index (χ1) is 10.2. The Morgan fingerprint density at radius 3 is 2.57 bits per heavy atom. The summed E-state index contributed by atoms with van der Waals surface area (Å²) in [6.45, 7) is 1.94. The van der Waals surface area contributed by atoms with Gasteiger partial charge in [0.25, 0.3) is 0 Å². The lowest BCUT2D eigenvalue weighted by Gasteiger charge is -2.36. The molecule has 1 saturated heterocycles. The number of urea groups is 1. The predicted octanol–water partition coefficient (Wildman–Crippen LogP) is 2.12. The van der Waals surface area contributed by atoms with Crippen LogP contribution in [0.3, 0.4) is 0 Å². The molecule has 1 aliphatic heterocycles. The molecule has 21 heavy (non-hydrogen) atoms. The van der Waals surface area contributed by atoms with Crippen molar-refractivity contribution in [1.82, 2.24) is 16.0 Å². The van der Waals surface area contributed by atoms with Crippen molar-refractivity contribution in [3.8, 4) is 0 Å². The summed E-state index contributed by atoms with van der Waals surface area (Å²) in [7, 11) is 0. The van der Waals surface area contributed by atoms with E-state index in [0.29, 0.717) is 5.92 Å². The molecule has 1 heterocycles. The Kier molecular flexibility index (Phi) is 4.39. The summed E-state index contributed by atoms with van der Waals surface area (Å²) in [5.74, 6) is 0.178. The summed E-state index contributed by atoms with van der Waals surface area (Å²) in [4.78, 5) is 11.9. The molecule has 3 N–H and O–H groups in total. The van der Waals surface area contributed by atoms with Gasteiger partial charge in [-0.25, -0.2) is 9.18 Å². The van der Waals surface area contributed by atoms with Crippen molar-refractivity contribution in [3.05, 3.63) is 35.6 Å². The van der Waals surface area contributed by atoms with Gasteiger partial charge in [0, 0.05) is 12.1 Å². The van der Waals surface area contributed by atoms with Gasteiger partial charge in [-0.2, -0.15) is 0 Å². The highest BCUT2D eigenvalue weighted by molar-refractivity contribution is 5.74. The van der Waals surface area contributed by atoms with Crippen molar-refractivity contribution in [2.24, 2.45) is 0 Å². The van der Waals surface area contributed by atoms with Crippen LogP contribution in [-0.4, -0.2) is 31.2 Å².